The van der Waals surface area contributed by atoms with Crippen molar-refractivity contribution in [2.75, 3.05) is 6.54 Å². The van der Waals surface area contributed by atoms with E-state index in [1.165, 1.54) is 12.1 Å². The van der Waals surface area contributed by atoms with E-state index in [1.54, 1.807) is 6.07 Å². The van der Waals surface area contributed by atoms with Crippen LogP contribution in [-0.4, -0.2) is 6.54 Å². The Morgan fingerprint density at radius 3 is 2.73 bits per heavy atom. The Hall–Kier alpha value is -0.600. The fraction of sp³-hybridized carbons (Fsp3) is 0.500. The zero-order valence-electron chi connectivity index (χ0n) is 8.97. The Balaban J connectivity index is 2.70. The summed E-state index contributed by atoms with van der Waals surface area (Å²) in [5, 5.41) is 0.504. The molecule has 0 fully saturated rings. The van der Waals surface area contributed by atoms with E-state index in [9.17, 15) is 4.39 Å². The van der Waals surface area contributed by atoms with E-state index in [0.717, 1.165) is 24.8 Å². The molecule has 1 atom stereocenters. The van der Waals surface area contributed by atoms with E-state index in [4.69, 9.17) is 17.3 Å². The standard InChI is InChI=1S/C12H17ClFN/c1-2-3-9(8-15)6-10-4-5-11(14)7-12(10)13/h4-5,7,9H,2-3,6,8,15H2,1H3. The third-order valence-electron chi connectivity index (χ3n) is 2.55. The second kappa shape index (κ2) is 6.09. The second-order valence-electron chi connectivity index (χ2n) is 3.83. The molecule has 84 valence electrons. The Morgan fingerprint density at radius 2 is 2.20 bits per heavy atom. The quantitative estimate of drug-likeness (QED) is 0.823. The fourth-order valence-electron chi connectivity index (χ4n) is 1.71. The van der Waals surface area contributed by atoms with Crippen molar-refractivity contribution in [1.29, 1.82) is 0 Å². The Bertz CT molecular complexity index is 314. The molecule has 0 heterocycles. The molecule has 0 aromatic heterocycles. The van der Waals surface area contributed by atoms with E-state index in [2.05, 4.69) is 6.92 Å². The molecule has 0 bridgehead atoms. The smallest absolute Gasteiger partial charge is 0.124 e. The van der Waals surface area contributed by atoms with Gasteiger partial charge < -0.3 is 5.73 Å². The minimum atomic E-state index is -0.288. The van der Waals surface area contributed by atoms with Gasteiger partial charge in [0.15, 0.2) is 0 Å². The lowest BCUT2D eigenvalue weighted by atomic mass is 9.95. The molecule has 0 amide bonds. The zero-order chi connectivity index (χ0) is 11.3. The predicted octanol–water partition coefficient (Wildman–Crippen LogP) is 3.40. The van der Waals surface area contributed by atoms with Gasteiger partial charge in [-0.05, 0) is 43.0 Å². The van der Waals surface area contributed by atoms with Gasteiger partial charge in [0.05, 0.1) is 0 Å². The summed E-state index contributed by atoms with van der Waals surface area (Å²) in [4.78, 5) is 0. The van der Waals surface area contributed by atoms with Gasteiger partial charge in [-0.3, -0.25) is 0 Å². The van der Waals surface area contributed by atoms with Gasteiger partial charge in [0.25, 0.3) is 0 Å². The van der Waals surface area contributed by atoms with Gasteiger partial charge >= 0.3 is 0 Å². The van der Waals surface area contributed by atoms with Gasteiger partial charge in [0.2, 0.25) is 0 Å². The van der Waals surface area contributed by atoms with E-state index < -0.39 is 0 Å². The van der Waals surface area contributed by atoms with Crippen LogP contribution in [0.2, 0.25) is 5.02 Å². The summed E-state index contributed by atoms with van der Waals surface area (Å²) in [6.45, 7) is 2.79. The molecule has 1 rings (SSSR count). The second-order valence-corrected chi connectivity index (χ2v) is 4.24. The molecule has 2 N–H and O–H groups in total. The molecule has 1 aromatic rings. The molecule has 0 aliphatic heterocycles. The van der Waals surface area contributed by atoms with Crippen molar-refractivity contribution < 1.29 is 4.39 Å². The molecule has 15 heavy (non-hydrogen) atoms. The van der Waals surface area contributed by atoms with E-state index in [-0.39, 0.29) is 5.82 Å². The van der Waals surface area contributed by atoms with Crippen LogP contribution in [0.4, 0.5) is 4.39 Å². The van der Waals surface area contributed by atoms with Crippen LogP contribution in [0.5, 0.6) is 0 Å². The Morgan fingerprint density at radius 1 is 1.47 bits per heavy atom. The molecule has 1 unspecified atom stereocenters. The van der Waals surface area contributed by atoms with Crippen LogP contribution in [0.15, 0.2) is 18.2 Å². The van der Waals surface area contributed by atoms with Gasteiger partial charge in [-0.1, -0.05) is 31.0 Å². The maximum absolute atomic E-state index is 12.8. The van der Waals surface area contributed by atoms with Crippen LogP contribution in [0, 0.1) is 11.7 Å². The molecule has 0 aliphatic rings. The molecular weight excluding hydrogens is 213 g/mol. The molecule has 1 nitrogen and oxygen atoms in total. The minimum Gasteiger partial charge on any atom is -0.330 e. The Labute approximate surface area is 95.4 Å². The summed E-state index contributed by atoms with van der Waals surface area (Å²) in [6, 6.07) is 4.55. The first kappa shape index (κ1) is 12.5. The van der Waals surface area contributed by atoms with Crippen molar-refractivity contribution >= 4 is 11.6 Å². The summed E-state index contributed by atoms with van der Waals surface area (Å²) in [6.07, 6.45) is 3.04. The lowest BCUT2D eigenvalue weighted by Crippen LogP contribution is -2.16. The van der Waals surface area contributed by atoms with Crippen LogP contribution in [0.1, 0.15) is 25.3 Å². The third-order valence-corrected chi connectivity index (χ3v) is 2.91. The summed E-state index contributed by atoms with van der Waals surface area (Å²) in [5.74, 6) is 0.154. The zero-order valence-corrected chi connectivity index (χ0v) is 9.73. The van der Waals surface area contributed by atoms with E-state index in [1.807, 2.05) is 0 Å². The van der Waals surface area contributed by atoms with Crippen molar-refractivity contribution in [2.45, 2.75) is 26.2 Å². The summed E-state index contributed by atoms with van der Waals surface area (Å²) < 4.78 is 12.8. The maximum Gasteiger partial charge on any atom is 0.124 e. The van der Waals surface area contributed by atoms with Crippen LogP contribution in [0.25, 0.3) is 0 Å². The van der Waals surface area contributed by atoms with Crippen molar-refractivity contribution in [3.8, 4) is 0 Å². The highest BCUT2D eigenvalue weighted by Crippen LogP contribution is 2.21. The average Bonchev–Trinajstić information content (AvgIpc) is 2.21. The molecule has 1 aromatic carbocycles. The first-order valence-electron chi connectivity index (χ1n) is 5.31. The number of hydrogen-bond donors (Lipinski definition) is 1. The van der Waals surface area contributed by atoms with E-state index >= 15 is 0 Å². The van der Waals surface area contributed by atoms with Crippen molar-refractivity contribution in [2.24, 2.45) is 11.7 Å². The molecule has 0 saturated heterocycles. The summed E-state index contributed by atoms with van der Waals surface area (Å²) in [7, 11) is 0. The number of halogens is 2. The number of nitrogens with two attached hydrogens (primary N) is 1. The average molecular weight is 230 g/mol. The SMILES string of the molecule is CCCC(CN)Cc1ccc(F)cc1Cl. The van der Waals surface area contributed by atoms with Crippen LogP contribution in [0.3, 0.4) is 0 Å². The molecule has 0 saturated carbocycles. The third kappa shape index (κ3) is 3.80. The van der Waals surface area contributed by atoms with E-state index in [0.29, 0.717) is 17.5 Å². The molecule has 0 radical (unpaired) electrons. The van der Waals surface area contributed by atoms with Crippen molar-refractivity contribution in [3.05, 3.63) is 34.6 Å². The molecule has 0 aliphatic carbocycles. The van der Waals surface area contributed by atoms with Crippen LogP contribution >= 0.6 is 11.6 Å². The largest absolute Gasteiger partial charge is 0.330 e. The number of hydrogen-bond acceptors (Lipinski definition) is 1. The van der Waals surface area contributed by atoms with Gasteiger partial charge in [-0.2, -0.15) is 0 Å². The van der Waals surface area contributed by atoms with Gasteiger partial charge in [0, 0.05) is 5.02 Å². The lowest BCUT2D eigenvalue weighted by Gasteiger charge is -2.14. The van der Waals surface area contributed by atoms with Crippen LogP contribution < -0.4 is 5.73 Å². The van der Waals surface area contributed by atoms with Crippen LogP contribution in [-0.2, 0) is 6.42 Å². The highest BCUT2D eigenvalue weighted by atomic mass is 35.5. The molecular formula is C12H17ClFN. The highest BCUT2D eigenvalue weighted by Gasteiger charge is 2.09. The van der Waals surface area contributed by atoms with Gasteiger partial charge in [-0.15, -0.1) is 0 Å². The molecule has 3 heteroatoms. The highest BCUT2D eigenvalue weighted by molar-refractivity contribution is 6.31. The topological polar surface area (TPSA) is 26.0 Å². The van der Waals surface area contributed by atoms with Gasteiger partial charge in [-0.25, -0.2) is 4.39 Å². The first-order valence-corrected chi connectivity index (χ1v) is 5.69. The number of rotatable bonds is 5. The fourth-order valence-corrected chi connectivity index (χ4v) is 1.95. The van der Waals surface area contributed by atoms with Crippen molar-refractivity contribution in [1.82, 2.24) is 0 Å². The maximum atomic E-state index is 12.8. The number of benzene rings is 1. The minimum absolute atomic E-state index is 0.288. The Kier molecular flexibility index (Phi) is 5.06. The van der Waals surface area contributed by atoms with Gasteiger partial charge in [0.1, 0.15) is 5.82 Å². The summed E-state index contributed by atoms with van der Waals surface area (Å²) >= 11 is 5.95. The monoisotopic (exact) mass is 229 g/mol. The predicted molar refractivity (Wildman–Crippen MR) is 62.6 cm³/mol. The molecule has 0 spiro atoms. The lowest BCUT2D eigenvalue weighted by molar-refractivity contribution is 0.487. The normalized spacial score (nSPS) is 12.8. The van der Waals surface area contributed by atoms with Crippen molar-refractivity contribution in [3.63, 3.8) is 0 Å². The summed E-state index contributed by atoms with van der Waals surface area (Å²) in [5.41, 5.74) is 6.66. The first-order chi connectivity index (χ1) is 7.17.